The second-order valence-corrected chi connectivity index (χ2v) is 4.01. The molecule has 0 bridgehead atoms. The van der Waals surface area contributed by atoms with Gasteiger partial charge in [0.25, 0.3) is 0 Å². The molecule has 0 N–H and O–H groups in total. The molecule has 0 saturated heterocycles. The number of rotatable bonds is 2. The topological polar surface area (TPSA) is 22.1 Å². The van der Waals surface area contributed by atoms with Crippen LogP contribution >= 0.6 is 15.9 Å². The summed E-state index contributed by atoms with van der Waals surface area (Å²) in [6, 6.07) is 12.0. The van der Waals surface area contributed by atoms with Crippen LogP contribution in [0.4, 0.5) is 0 Å². The van der Waals surface area contributed by atoms with Crippen molar-refractivity contribution >= 4 is 15.9 Å². The molecule has 0 spiro atoms. The van der Waals surface area contributed by atoms with Crippen LogP contribution in [0, 0.1) is 0 Å². The van der Waals surface area contributed by atoms with E-state index in [1.807, 2.05) is 24.3 Å². The van der Waals surface area contributed by atoms with E-state index in [2.05, 4.69) is 33.0 Å². The summed E-state index contributed by atoms with van der Waals surface area (Å²) < 4.78 is 6.16. The van der Waals surface area contributed by atoms with Crippen molar-refractivity contribution in [3.05, 3.63) is 47.1 Å². The van der Waals surface area contributed by atoms with Crippen LogP contribution in [0.5, 0.6) is 5.88 Å². The lowest BCUT2D eigenvalue weighted by molar-refractivity contribution is 0.398. The van der Waals surface area contributed by atoms with E-state index in [4.69, 9.17) is 4.74 Å². The Morgan fingerprint density at radius 3 is 2.47 bits per heavy atom. The first-order chi connectivity index (χ1) is 7.29. The van der Waals surface area contributed by atoms with E-state index in [9.17, 15) is 0 Å². The molecule has 2 nitrogen and oxygen atoms in total. The second-order valence-electron chi connectivity index (χ2n) is 3.09. The molecular weight excluding hydrogens is 254 g/mol. The SMILES string of the molecule is COc1cc(-c2ccc(Br)cc2)ccn1. The summed E-state index contributed by atoms with van der Waals surface area (Å²) in [5.41, 5.74) is 2.26. The molecule has 15 heavy (non-hydrogen) atoms. The largest absolute Gasteiger partial charge is 0.481 e. The predicted octanol–water partition coefficient (Wildman–Crippen LogP) is 3.52. The molecule has 0 aliphatic rings. The van der Waals surface area contributed by atoms with Gasteiger partial charge in [-0.05, 0) is 29.3 Å². The zero-order valence-electron chi connectivity index (χ0n) is 8.27. The first-order valence-electron chi connectivity index (χ1n) is 4.55. The summed E-state index contributed by atoms with van der Waals surface area (Å²) in [7, 11) is 1.62. The lowest BCUT2D eigenvalue weighted by atomic mass is 10.1. The predicted molar refractivity (Wildman–Crippen MR) is 63.9 cm³/mol. The summed E-state index contributed by atoms with van der Waals surface area (Å²) >= 11 is 3.41. The van der Waals surface area contributed by atoms with Gasteiger partial charge in [0.1, 0.15) is 0 Å². The van der Waals surface area contributed by atoms with Crippen molar-refractivity contribution in [3.8, 4) is 17.0 Å². The van der Waals surface area contributed by atoms with Crippen molar-refractivity contribution in [2.24, 2.45) is 0 Å². The number of methoxy groups -OCH3 is 1. The van der Waals surface area contributed by atoms with Gasteiger partial charge in [-0.15, -0.1) is 0 Å². The summed E-state index contributed by atoms with van der Waals surface area (Å²) in [5, 5.41) is 0. The fourth-order valence-electron chi connectivity index (χ4n) is 1.34. The summed E-state index contributed by atoms with van der Waals surface area (Å²) in [5.74, 6) is 0.635. The highest BCUT2D eigenvalue weighted by atomic mass is 79.9. The molecule has 0 saturated carbocycles. The molecule has 0 radical (unpaired) electrons. The number of ether oxygens (including phenoxy) is 1. The molecule has 2 rings (SSSR count). The van der Waals surface area contributed by atoms with Crippen molar-refractivity contribution in [3.63, 3.8) is 0 Å². The molecule has 0 atom stereocenters. The van der Waals surface area contributed by atoms with Crippen molar-refractivity contribution in [2.75, 3.05) is 7.11 Å². The van der Waals surface area contributed by atoms with Gasteiger partial charge in [0, 0.05) is 16.7 Å². The van der Waals surface area contributed by atoms with Gasteiger partial charge in [0.15, 0.2) is 0 Å². The molecule has 1 aromatic heterocycles. The Kier molecular flexibility index (Phi) is 3.02. The minimum absolute atomic E-state index is 0.635. The van der Waals surface area contributed by atoms with Crippen LogP contribution in [0.1, 0.15) is 0 Å². The molecule has 0 unspecified atom stereocenters. The third kappa shape index (κ3) is 2.36. The van der Waals surface area contributed by atoms with Gasteiger partial charge in [-0.1, -0.05) is 28.1 Å². The average molecular weight is 264 g/mol. The van der Waals surface area contributed by atoms with Crippen LogP contribution in [0.25, 0.3) is 11.1 Å². The summed E-state index contributed by atoms with van der Waals surface area (Å²) in [4.78, 5) is 4.07. The van der Waals surface area contributed by atoms with Gasteiger partial charge in [-0.2, -0.15) is 0 Å². The van der Waals surface area contributed by atoms with E-state index >= 15 is 0 Å². The molecule has 76 valence electrons. The molecule has 0 aliphatic carbocycles. The van der Waals surface area contributed by atoms with Crippen molar-refractivity contribution in [1.29, 1.82) is 0 Å². The van der Waals surface area contributed by atoms with Crippen molar-refractivity contribution in [2.45, 2.75) is 0 Å². The van der Waals surface area contributed by atoms with Gasteiger partial charge < -0.3 is 4.74 Å². The summed E-state index contributed by atoms with van der Waals surface area (Å²) in [6.45, 7) is 0. The van der Waals surface area contributed by atoms with E-state index in [1.54, 1.807) is 13.3 Å². The maximum Gasteiger partial charge on any atom is 0.213 e. The van der Waals surface area contributed by atoms with Crippen LogP contribution in [0.3, 0.4) is 0 Å². The Balaban J connectivity index is 2.40. The number of hydrogen-bond donors (Lipinski definition) is 0. The minimum Gasteiger partial charge on any atom is -0.481 e. The van der Waals surface area contributed by atoms with Gasteiger partial charge >= 0.3 is 0 Å². The number of pyridine rings is 1. The molecule has 2 aromatic rings. The van der Waals surface area contributed by atoms with Crippen LogP contribution in [-0.2, 0) is 0 Å². The smallest absolute Gasteiger partial charge is 0.213 e. The lowest BCUT2D eigenvalue weighted by Crippen LogP contribution is -1.87. The van der Waals surface area contributed by atoms with Crippen LogP contribution in [0.15, 0.2) is 47.1 Å². The Labute approximate surface area is 97.1 Å². The standard InChI is InChI=1S/C12H10BrNO/c1-15-12-8-10(6-7-14-12)9-2-4-11(13)5-3-9/h2-8H,1H3. The van der Waals surface area contributed by atoms with Crippen LogP contribution in [0.2, 0.25) is 0 Å². The van der Waals surface area contributed by atoms with Gasteiger partial charge in [0.05, 0.1) is 7.11 Å². The zero-order valence-corrected chi connectivity index (χ0v) is 9.86. The zero-order chi connectivity index (χ0) is 10.7. The van der Waals surface area contributed by atoms with Crippen molar-refractivity contribution < 1.29 is 4.74 Å². The number of nitrogens with zero attached hydrogens (tertiary/aromatic N) is 1. The third-order valence-electron chi connectivity index (χ3n) is 2.12. The number of hydrogen-bond acceptors (Lipinski definition) is 2. The maximum atomic E-state index is 5.08. The number of benzene rings is 1. The van der Waals surface area contributed by atoms with E-state index in [-0.39, 0.29) is 0 Å². The Morgan fingerprint density at radius 1 is 1.07 bits per heavy atom. The normalized spacial score (nSPS) is 10.0. The van der Waals surface area contributed by atoms with Gasteiger partial charge in [-0.3, -0.25) is 0 Å². The van der Waals surface area contributed by atoms with Crippen LogP contribution in [-0.4, -0.2) is 12.1 Å². The Morgan fingerprint density at radius 2 is 1.80 bits per heavy atom. The van der Waals surface area contributed by atoms with E-state index in [0.29, 0.717) is 5.88 Å². The van der Waals surface area contributed by atoms with E-state index < -0.39 is 0 Å². The molecule has 1 heterocycles. The van der Waals surface area contributed by atoms with Crippen molar-refractivity contribution in [1.82, 2.24) is 4.98 Å². The Bertz CT molecular complexity index is 453. The fourth-order valence-corrected chi connectivity index (χ4v) is 1.61. The second kappa shape index (κ2) is 4.45. The van der Waals surface area contributed by atoms with E-state index in [1.165, 1.54) is 0 Å². The first kappa shape index (κ1) is 10.2. The monoisotopic (exact) mass is 263 g/mol. The highest BCUT2D eigenvalue weighted by Crippen LogP contribution is 2.23. The fraction of sp³-hybridized carbons (Fsp3) is 0.0833. The van der Waals surface area contributed by atoms with Gasteiger partial charge in [0.2, 0.25) is 5.88 Å². The lowest BCUT2D eigenvalue weighted by Gasteiger charge is -2.03. The summed E-state index contributed by atoms with van der Waals surface area (Å²) in [6.07, 6.45) is 1.75. The van der Waals surface area contributed by atoms with E-state index in [0.717, 1.165) is 15.6 Å². The minimum atomic E-state index is 0.635. The Hall–Kier alpha value is -1.35. The van der Waals surface area contributed by atoms with Crippen LogP contribution < -0.4 is 4.74 Å². The molecule has 3 heteroatoms. The van der Waals surface area contributed by atoms with Gasteiger partial charge in [-0.25, -0.2) is 4.98 Å². The molecule has 0 fully saturated rings. The molecule has 0 aliphatic heterocycles. The molecule has 0 amide bonds. The average Bonchev–Trinajstić information content (AvgIpc) is 2.30. The third-order valence-corrected chi connectivity index (χ3v) is 2.65. The molecule has 1 aromatic carbocycles. The maximum absolute atomic E-state index is 5.08. The molecular formula is C12H10BrNO. The highest BCUT2D eigenvalue weighted by Gasteiger charge is 1.99. The number of halogens is 1. The first-order valence-corrected chi connectivity index (χ1v) is 5.35. The number of aromatic nitrogens is 1. The quantitative estimate of drug-likeness (QED) is 0.827. The highest BCUT2D eigenvalue weighted by molar-refractivity contribution is 9.10.